The topological polar surface area (TPSA) is 92.5 Å². The molecule has 1 heterocycles. The van der Waals surface area contributed by atoms with Gasteiger partial charge in [-0.2, -0.15) is 250 Å². The Balaban J connectivity index is 6.01. The first kappa shape index (κ1) is 99.5. The Labute approximate surface area is 535 Å². The van der Waals surface area contributed by atoms with Crippen LogP contribution < -0.4 is 0 Å². The fraction of sp³-hybridized carbons (Fsp3) is 1.00. The van der Waals surface area contributed by atoms with Gasteiger partial charge in [0, 0.05) is 20.8 Å². The number of halogens is 57. The number of hydrogen-bond donors (Lipinski definition) is 0. The molecule has 0 saturated heterocycles. The van der Waals surface area contributed by atoms with Crippen molar-refractivity contribution in [2.24, 2.45) is 13.5 Å². The van der Waals surface area contributed by atoms with Crippen LogP contribution in [0.15, 0.2) is 13.5 Å². The Morgan fingerprint density at radius 1 is 0.162 bits per heavy atom. The molecular weight excluding hydrogens is 1750 g/mol. The first-order valence-corrected chi connectivity index (χ1v) is 28.3. The van der Waals surface area contributed by atoms with E-state index in [1.165, 1.54) is 0 Å². The minimum absolute atomic E-state index is 1.03. The summed E-state index contributed by atoms with van der Waals surface area (Å²) < 4.78 is 840. The van der Waals surface area contributed by atoms with Gasteiger partial charge in [0.25, 0.3) is 0 Å². The zero-order chi connectivity index (χ0) is 85.6. The van der Waals surface area contributed by atoms with Crippen molar-refractivity contribution in [3.63, 3.8) is 0 Å². The van der Waals surface area contributed by atoms with E-state index < -0.39 is 244 Å². The molecule has 0 radical (unpaired) electrons. The Hall–Kier alpha value is -3.54. The summed E-state index contributed by atoms with van der Waals surface area (Å²) >= 11 is 0. The highest BCUT2D eigenvalue weighted by atomic mass is 31.3. The Kier molecular flexibility index (Phi) is 25.7. The van der Waals surface area contributed by atoms with Gasteiger partial charge >= 0.3 is 184 Å². The van der Waals surface area contributed by atoms with Crippen LogP contribution in [0.2, 0.25) is 0 Å². The third-order valence-electron chi connectivity index (χ3n) is 12.2. The maximum Gasteiger partial charge on any atom is 0.460 e. The summed E-state index contributed by atoms with van der Waals surface area (Å²) in [7, 11) is -30.0. The van der Waals surface area contributed by atoms with Crippen LogP contribution in [-0.4, -0.2) is 200 Å². The van der Waals surface area contributed by atoms with E-state index in [1.807, 2.05) is 0 Å². The Bertz CT molecular complexity index is 3110. The molecule has 0 N–H and O–H groups in total. The second-order valence-electron chi connectivity index (χ2n) is 20.4. The number of nitrogens with zero attached hydrogens (tertiary/aromatic N) is 3. The summed E-state index contributed by atoms with van der Waals surface area (Å²) in [6, 6.07) is 0. The van der Waals surface area contributed by atoms with Crippen LogP contribution in [0.25, 0.3) is 0 Å². The van der Waals surface area contributed by atoms with Gasteiger partial charge in [0.05, 0.1) is 0 Å². The predicted molar refractivity (Wildman–Crippen MR) is 218 cm³/mol. The quantitative estimate of drug-likeness (QED) is 0.0458. The molecule has 0 spiro atoms. The first-order chi connectivity index (χ1) is 44.6. The second-order valence-corrected chi connectivity index (χ2v) is 27.0. The summed E-state index contributed by atoms with van der Waals surface area (Å²) in [6.45, 7) is -39.1. The van der Waals surface area contributed by atoms with E-state index in [9.17, 15) is 198 Å². The molecule has 1 rings (SSSR count). The molecule has 0 amide bonds. The van der Waals surface area contributed by atoms with Gasteiger partial charge in [-0.05, 0) is 0 Å². The fourth-order valence-electron chi connectivity index (χ4n) is 5.77. The van der Waals surface area contributed by atoms with Gasteiger partial charge < -0.3 is 0 Å². The van der Waals surface area contributed by atoms with Crippen LogP contribution in [0.5, 0.6) is 0 Å². The van der Waals surface area contributed by atoms with Crippen molar-refractivity contribution in [3.8, 4) is 0 Å². The molecule has 0 fully saturated rings. The van der Waals surface area contributed by atoms with Crippen molar-refractivity contribution < 1.29 is 277 Å². The molecule has 0 aromatic heterocycles. The van der Waals surface area contributed by atoms with E-state index >= 15 is 52.7 Å². The average molecular weight is 1770 g/mol. The third kappa shape index (κ3) is 16.2. The van der Waals surface area contributed by atoms with Crippen molar-refractivity contribution in [3.05, 3.63) is 0 Å². The summed E-state index contributed by atoms with van der Waals surface area (Å²) in [6.07, 6.45) is -25.9. The van der Waals surface area contributed by atoms with Crippen LogP contribution in [0.3, 0.4) is 0 Å². The molecule has 69 heteroatoms. The summed E-state index contributed by atoms with van der Waals surface area (Å²) in [5, 5.41) is 0. The highest BCUT2D eigenvalue weighted by molar-refractivity contribution is 7.78. The van der Waals surface area contributed by atoms with E-state index in [-0.39, 0.29) is 0 Å². The Morgan fingerprint density at radius 3 is 0.362 bits per heavy atom. The van der Waals surface area contributed by atoms with Crippen molar-refractivity contribution >= 4 is 23.0 Å². The second kappa shape index (κ2) is 27.1. The van der Waals surface area contributed by atoms with Crippen molar-refractivity contribution in [2.45, 2.75) is 181 Å². The predicted octanol–water partition coefficient (Wildman–Crippen LogP) is 22.9. The van der Waals surface area contributed by atoms with E-state index in [0.717, 1.165) is 13.5 Å². The van der Waals surface area contributed by atoms with Crippen LogP contribution in [0, 0.1) is 0 Å². The average Bonchev–Trinajstić information content (AvgIpc) is 0.724. The first-order valence-electron chi connectivity index (χ1n) is 23.7. The third-order valence-corrected chi connectivity index (χ3v) is 20.4. The highest BCUT2D eigenvalue weighted by Gasteiger charge is 2.91. The molecule has 0 aromatic rings. The molecular formula is C36H21F57N3O6P3. The molecule has 9 nitrogen and oxygen atoms in total. The van der Waals surface area contributed by atoms with Gasteiger partial charge in [0.15, 0.2) is 0 Å². The lowest BCUT2D eigenvalue weighted by atomic mass is 9.98. The molecule has 0 aliphatic carbocycles. The fourth-order valence-corrected chi connectivity index (χ4v) is 15.3. The van der Waals surface area contributed by atoms with Gasteiger partial charge in [0.1, 0.15) is 39.6 Å². The van der Waals surface area contributed by atoms with E-state index in [4.69, 9.17) is 0 Å². The molecule has 0 aromatic carbocycles. The molecule has 1 unspecified atom stereocenters. The van der Waals surface area contributed by atoms with Crippen LogP contribution in [0.1, 0.15) is 20.8 Å². The van der Waals surface area contributed by atoms with Gasteiger partial charge in [-0.15, -0.1) is 13.5 Å². The van der Waals surface area contributed by atoms with Crippen LogP contribution in [-0.2, 0) is 27.1 Å². The van der Waals surface area contributed by atoms with Crippen LogP contribution in [0.4, 0.5) is 250 Å². The minimum Gasteiger partial charge on any atom is -0.300 e. The highest BCUT2D eigenvalue weighted by Crippen LogP contribution is 2.82. The maximum atomic E-state index is 15.4. The van der Waals surface area contributed by atoms with E-state index in [0.29, 0.717) is 0 Å². The largest absolute Gasteiger partial charge is 0.460 e. The van der Waals surface area contributed by atoms with Crippen LogP contribution >= 0.6 is 23.0 Å². The molecule has 0 bridgehead atoms. The molecule has 630 valence electrons. The van der Waals surface area contributed by atoms with Crippen molar-refractivity contribution in [1.29, 1.82) is 0 Å². The zero-order valence-corrected chi connectivity index (χ0v) is 50.1. The van der Waals surface area contributed by atoms with E-state index in [1.54, 1.807) is 0 Å². The van der Waals surface area contributed by atoms with Gasteiger partial charge in [0.2, 0.25) is 0 Å². The molecule has 105 heavy (non-hydrogen) atoms. The smallest absolute Gasteiger partial charge is 0.300 e. The van der Waals surface area contributed by atoms with Gasteiger partial charge in [-0.3, -0.25) is 27.1 Å². The van der Waals surface area contributed by atoms with Gasteiger partial charge in [-0.1, -0.05) is 0 Å². The monoisotopic (exact) mass is 1770 g/mol. The standard InChI is InChI=1S/C36H21F57N3O6P3/c1-10(37,38)19(55,56)22(61,62)13(43,44)4-97-103(98-5-14(45,46)23(63,64)20(57,58)11(2,39)40)94-104(99-6-15(47,48)24(65,66)21(59,60)12(3,41)42,100-7-16(49,50)25(67,68)28(73,74)31(79,80)34(85,86)87)96-105(95-103,101-8-17(51,52)26(69,70)29(75,76)32(81,82)35(88,89)90)102-9-18(53,54)27(71,72)30(77,78)33(83,84)36(91,92)93/h4-9H2,1-3H3. The summed E-state index contributed by atoms with van der Waals surface area (Å²) in [5.74, 6) is -208. The molecule has 0 saturated carbocycles. The zero-order valence-electron chi connectivity index (χ0n) is 47.4. The Morgan fingerprint density at radius 2 is 0.267 bits per heavy atom. The normalized spacial score (nSPS) is 19.5. The maximum absolute atomic E-state index is 15.4. The number of alkyl halides is 57. The van der Waals surface area contributed by atoms with Gasteiger partial charge in [-0.25, -0.2) is 0 Å². The lowest BCUT2D eigenvalue weighted by molar-refractivity contribution is -0.424. The number of rotatable bonds is 36. The minimum atomic E-state index is -10.1. The molecule has 1 aliphatic heterocycles. The summed E-state index contributed by atoms with van der Waals surface area (Å²) in [5.41, 5.74) is 0. The SMILES string of the molecule is CC(F)(F)C(F)(F)C(F)(F)C(F)(F)COP1(OCC(F)(F)C(F)(F)C(F)(F)C(C)(F)F)=NP(OCC(F)(F)C(F)(F)C(F)(F)C(C)(F)F)(OCC(F)(F)C(F)(F)C(F)(F)C(F)(F)C(F)(F)F)=NP(OCC(F)(F)C(F)(F)C(F)(F)C(F)(F)C(F)(F)F)(OCC(F)(F)C(F)(F)C(F)(F)C(F)(F)C(F)(F)F)=N1. The van der Waals surface area contributed by atoms with E-state index in [2.05, 4.69) is 27.1 Å². The molecule has 1 aliphatic rings. The number of hydrogen-bond acceptors (Lipinski definition) is 9. The summed E-state index contributed by atoms with van der Waals surface area (Å²) in [4.78, 5) is 0. The van der Waals surface area contributed by atoms with Crippen molar-refractivity contribution in [2.75, 3.05) is 39.6 Å². The van der Waals surface area contributed by atoms with Crippen molar-refractivity contribution in [1.82, 2.24) is 0 Å². The lowest BCUT2D eigenvalue weighted by Crippen LogP contribution is -2.67. The lowest BCUT2D eigenvalue weighted by Gasteiger charge is -2.41. The molecule has 1 atom stereocenters.